The van der Waals surface area contributed by atoms with Crippen molar-refractivity contribution in [3.05, 3.63) is 29.6 Å². The molecule has 0 radical (unpaired) electrons. The molecular formula is C17H21FO2. The molecule has 4 fully saturated rings. The van der Waals surface area contributed by atoms with E-state index in [0.29, 0.717) is 11.3 Å². The van der Waals surface area contributed by atoms with Gasteiger partial charge in [-0.1, -0.05) is 0 Å². The zero-order valence-electron chi connectivity index (χ0n) is 11.8. The van der Waals surface area contributed by atoms with E-state index in [1.54, 1.807) is 12.1 Å². The van der Waals surface area contributed by atoms with E-state index in [-0.39, 0.29) is 17.7 Å². The van der Waals surface area contributed by atoms with Gasteiger partial charge in [-0.3, -0.25) is 0 Å². The molecule has 20 heavy (non-hydrogen) atoms. The molecule has 3 heteroatoms. The number of hydrogen-bond acceptors (Lipinski definition) is 2. The summed E-state index contributed by atoms with van der Waals surface area (Å²) in [6.45, 7) is 0. The topological polar surface area (TPSA) is 29.5 Å². The molecule has 0 aromatic heterocycles. The maximum absolute atomic E-state index is 14.4. The third kappa shape index (κ3) is 1.59. The summed E-state index contributed by atoms with van der Waals surface area (Å²) < 4.78 is 19.5. The van der Waals surface area contributed by atoms with Crippen molar-refractivity contribution in [1.29, 1.82) is 0 Å². The predicted octanol–water partition coefficient (Wildman–Crippen LogP) is 3.48. The summed E-state index contributed by atoms with van der Waals surface area (Å²) in [6, 6.07) is 4.90. The Morgan fingerprint density at radius 2 is 1.70 bits per heavy atom. The Labute approximate surface area is 119 Å². The fourth-order valence-corrected chi connectivity index (χ4v) is 5.29. The van der Waals surface area contributed by atoms with Gasteiger partial charge in [-0.05, 0) is 67.9 Å². The normalized spacial score (nSPS) is 42.0. The van der Waals surface area contributed by atoms with Crippen molar-refractivity contribution in [2.45, 2.75) is 37.7 Å². The smallest absolute Gasteiger partial charge is 0.132 e. The van der Waals surface area contributed by atoms with E-state index in [4.69, 9.17) is 4.74 Å². The van der Waals surface area contributed by atoms with E-state index >= 15 is 0 Å². The molecule has 0 unspecified atom stereocenters. The van der Waals surface area contributed by atoms with Crippen LogP contribution in [0.25, 0.3) is 0 Å². The molecule has 0 atom stereocenters. The van der Waals surface area contributed by atoms with Gasteiger partial charge < -0.3 is 9.84 Å². The SMILES string of the molecule is COc1ccc(C2(O)C3CC4CC(C3)CC2C4)c(F)c1. The van der Waals surface area contributed by atoms with Crippen molar-refractivity contribution in [3.8, 4) is 5.75 Å². The first-order valence-electron chi connectivity index (χ1n) is 7.67. The number of halogens is 1. The van der Waals surface area contributed by atoms with E-state index in [2.05, 4.69) is 0 Å². The van der Waals surface area contributed by atoms with Gasteiger partial charge in [0.15, 0.2) is 0 Å². The summed E-state index contributed by atoms with van der Waals surface area (Å²) in [5.41, 5.74) is -0.462. The summed E-state index contributed by atoms with van der Waals surface area (Å²) in [5, 5.41) is 11.3. The van der Waals surface area contributed by atoms with Crippen LogP contribution in [0.2, 0.25) is 0 Å². The van der Waals surface area contributed by atoms with Crippen LogP contribution in [0.5, 0.6) is 5.75 Å². The predicted molar refractivity (Wildman–Crippen MR) is 73.9 cm³/mol. The second-order valence-electron chi connectivity index (χ2n) is 6.98. The number of methoxy groups -OCH3 is 1. The van der Waals surface area contributed by atoms with Crippen LogP contribution in [-0.2, 0) is 5.60 Å². The van der Waals surface area contributed by atoms with E-state index in [1.165, 1.54) is 19.6 Å². The summed E-state index contributed by atoms with van der Waals surface area (Å²) in [7, 11) is 1.53. The van der Waals surface area contributed by atoms with Crippen LogP contribution < -0.4 is 4.74 Å². The van der Waals surface area contributed by atoms with Gasteiger partial charge in [0.25, 0.3) is 0 Å². The first kappa shape index (κ1) is 12.6. The van der Waals surface area contributed by atoms with Crippen molar-refractivity contribution in [3.63, 3.8) is 0 Å². The highest BCUT2D eigenvalue weighted by atomic mass is 19.1. The summed E-state index contributed by atoms with van der Waals surface area (Å²) in [6.07, 6.45) is 5.59. The molecule has 1 aromatic carbocycles. The average molecular weight is 276 g/mol. The van der Waals surface area contributed by atoms with Crippen molar-refractivity contribution in [2.24, 2.45) is 23.7 Å². The van der Waals surface area contributed by atoms with Crippen LogP contribution >= 0.6 is 0 Å². The maximum Gasteiger partial charge on any atom is 0.132 e. The summed E-state index contributed by atoms with van der Waals surface area (Å²) in [4.78, 5) is 0. The largest absolute Gasteiger partial charge is 0.497 e. The maximum atomic E-state index is 14.4. The minimum Gasteiger partial charge on any atom is -0.497 e. The lowest BCUT2D eigenvalue weighted by molar-refractivity contribution is -0.180. The van der Waals surface area contributed by atoms with Crippen molar-refractivity contribution < 1.29 is 14.2 Å². The van der Waals surface area contributed by atoms with Crippen LogP contribution in [-0.4, -0.2) is 12.2 Å². The molecule has 1 aromatic rings. The number of rotatable bonds is 2. The first-order valence-corrected chi connectivity index (χ1v) is 7.67. The Hall–Kier alpha value is -1.09. The first-order chi connectivity index (χ1) is 9.61. The molecule has 4 saturated carbocycles. The Bertz CT molecular complexity index is 512. The van der Waals surface area contributed by atoms with Crippen LogP contribution in [0.4, 0.5) is 4.39 Å². The Kier molecular flexibility index (Phi) is 2.65. The van der Waals surface area contributed by atoms with Crippen molar-refractivity contribution in [1.82, 2.24) is 0 Å². The number of hydrogen-bond donors (Lipinski definition) is 1. The van der Waals surface area contributed by atoms with Crippen molar-refractivity contribution in [2.75, 3.05) is 7.11 Å². The zero-order valence-corrected chi connectivity index (χ0v) is 11.8. The van der Waals surface area contributed by atoms with E-state index in [1.807, 2.05) is 0 Å². The van der Waals surface area contributed by atoms with Crippen LogP contribution in [0, 0.1) is 29.5 Å². The van der Waals surface area contributed by atoms with Gasteiger partial charge in [-0.2, -0.15) is 0 Å². The zero-order chi connectivity index (χ0) is 13.9. The fourth-order valence-electron chi connectivity index (χ4n) is 5.29. The summed E-state index contributed by atoms with van der Waals surface area (Å²) in [5.74, 6) is 2.19. The fraction of sp³-hybridized carbons (Fsp3) is 0.647. The standard InChI is InChI=1S/C17H21FO2/c1-20-14-2-3-15(16(18)9-14)17(19)12-5-10-4-11(7-12)8-13(17)6-10/h2-3,9-13,19H,4-8H2,1H3. The number of aliphatic hydroxyl groups is 1. The average Bonchev–Trinajstić information content (AvgIpc) is 2.43. The van der Waals surface area contributed by atoms with Gasteiger partial charge in [-0.15, -0.1) is 0 Å². The highest BCUT2D eigenvalue weighted by Crippen LogP contribution is 2.62. The second-order valence-corrected chi connectivity index (χ2v) is 6.98. The van der Waals surface area contributed by atoms with E-state index < -0.39 is 5.60 Å². The lowest BCUT2D eigenvalue weighted by atomic mass is 9.48. The Morgan fingerprint density at radius 3 is 2.20 bits per heavy atom. The molecule has 0 saturated heterocycles. The van der Waals surface area contributed by atoms with E-state index in [0.717, 1.165) is 37.5 Å². The highest BCUT2D eigenvalue weighted by Gasteiger charge is 2.57. The Balaban J connectivity index is 1.77. The molecule has 0 spiro atoms. The number of benzene rings is 1. The quantitative estimate of drug-likeness (QED) is 0.896. The van der Waals surface area contributed by atoms with Crippen molar-refractivity contribution >= 4 is 0 Å². The highest BCUT2D eigenvalue weighted by molar-refractivity contribution is 5.35. The molecule has 0 heterocycles. The van der Waals surface area contributed by atoms with Gasteiger partial charge in [0.05, 0.1) is 12.7 Å². The van der Waals surface area contributed by atoms with Gasteiger partial charge in [0.1, 0.15) is 11.6 Å². The third-order valence-corrected chi connectivity index (χ3v) is 5.99. The number of ether oxygens (including phenoxy) is 1. The summed E-state index contributed by atoms with van der Waals surface area (Å²) >= 11 is 0. The second kappa shape index (κ2) is 4.20. The monoisotopic (exact) mass is 276 g/mol. The van der Waals surface area contributed by atoms with Crippen LogP contribution in [0.1, 0.15) is 37.7 Å². The minimum atomic E-state index is -0.955. The molecule has 0 aliphatic heterocycles. The minimum absolute atomic E-state index is 0.238. The lowest BCUT2D eigenvalue weighted by Crippen LogP contribution is -2.55. The van der Waals surface area contributed by atoms with Gasteiger partial charge in [0, 0.05) is 11.6 Å². The van der Waals surface area contributed by atoms with Gasteiger partial charge >= 0.3 is 0 Å². The molecular weight excluding hydrogens is 255 g/mol. The van der Waals surface area contributed by atoms with E-state index in [9.17, 15) is 9.50 Å². The van der Waals surface area contributed by atoms with Gasteiger partial charge in [-0.25, -0.2) is 4.39 Å². The van der Waals surface area contributed by atoms with Crippen LogP contribution in [0.15, 0.2) is 18.2 Å². The van der Waals surface area contributed by atoms with Gasteiger partial charge in [0.2, 0.25) is 0 Å². The molecule has 0 amide bonds. The molecule has 108 valence electrons. The molecule has 4 aliphatic carbocycles. The molecule has 4 bridgehead atoms. The van der Waals surface area contributed by atoms with Crippen LogP contribution in [0.3, 0.4) is 0 Å². The molecule has 1 N–H and O–H groups in total. The Morgan fingerprint density at radius 1 is 1.10 bits per heavy atom. The molecule has 4 aliphatic rings. The molecule has 2 nitrogen and oxygen atoms in total. The lowest BCUT2D eigenvalue weighted by Gasteiger charge is -2.59. The third-order valence-electron chi connectivity index (χ3n) is 5.99. The molecule has 5 rings (SSSR count).